The average molecular weight is 205 g/mol. The molecule has 0 heterocycles. The number of nitriles is 1. The van der Waals surface area contributed by atoms with Crippen LogP contribution in [0.1, 0.15) is 0 Å². The first kappa shape index (κ1) is 11.3. The molecule has 0 saturated carbocycles. The van der Waals surface area contributed by atoms with Crippen LogP contribution in [0.2, 0.25) is 0 Å². The average Bonchev–Trinajstić information content (AvgIpc) is 1.69. The first-order valence-corrected chi connectivity index (χ1v) is 2.94. The van der Waals surface area contributed by atoms with Gasteiger partial charge in [0.15, 0.2) is 0 Å². The Kier molecular flexibility index (Phi) is 14.7. The molecular formula is C3H7CuFeN3. The second kappa shape index (κ2) is 10.4. The maximum Gasteiger partial charge on any atom is 0 e. The molecule has 0 aromatic heterocycles. The Balaban J connectivity index is 0. The van der Waals surface area contributed by atoms with E-state index in [2.05, 4.69) is 4.33 Å². The van der Waals surface area contributed by atoms with E-state index in [0.717, 1.165) is 6.54 Å². The van der Waals surface area contributed by atoms with Gasteiger partial charge < -0.3 is 0 Å². The Morgan fingerprint density at radius 1 is 1.75 bits per heavy atom. The van der Waals surface area contributed by atoms with Crippen molar-refractivity contribution in [1.82, 2.24) is 4.33 Å². The third-order valence-corrected chi connectivity index (χ3v) is 0.929. The van der Waals surface area contributed by atoms with E-state index in [4.69, 9.17) is 11.0 Å². The summed E-state index contributed by atoms with van der Waals surface area (Å²) in [5, 5.41) is 7.94. The molecule has 0 saturated heterocycles. The molecule has 0 aliphatic rings. The van der Waals surface area contributed by atoms with Gasteiger partial charge in [0.1, 0.15) is 0 Å². The largest absolute Gasteiger partial charge is 0 e. The van der Waals surface area contributed by atoms with Crippen molar-refractivity contribution in [3.05, 3.63) is 0 Å². The van der Waals surface area contributed by atoms with Crippen LogP contribution in [0.3, 0.4) is 0 Å². The molecule has 0 spiro atoms. The summed E-state index contributed by atoms with van der Waals surface area (Å²) in [6, 6.07) is 0. The van der Waals surface area contributed by atoms with Crippen LogP contribution in [0.5, 0.6) is 0 Å². The van der Waals surface area contributed by atoms with Gasteiger partial charge in [-0.1, -0.05) is 0 Å². The van der Waals surface area contributed by atoms with Crippen molar-refractivity contribution in [2.75, 3.05) is 13.1 Å². The molecule has 0 bridgehead atoms. The first-order chi connectivity index (χ1) is 3.41. The Morgan fingerprint density at radius 3 is 2.75 bits per heavy atom. The minimum Gasteiger partial charge on any atom is 0 e. The monoisotopic (exact) mass is 204 g/mol. The summed E-state index contributed by atoms with van der Waals surface area (Å²) in [7, 11) is 0. The Bertz CT molecular complexity index is 71.4. The molecule has 5 heteroatoms. The van der Waals surface area contributed by atoms with Crippen molar-refractivity contribution in [2.45, 2.75) is 0 Å². The summed E-state index contributed by atoms with van der Waals surface area (Å²) < 4.78 is 2.80. The van der Waals surface area contributed by atoms with Gasteiger partial charge in [0, 0.05) is 17.1 Å². The smallest absolute Gasteiger partial charge is 0 e. The molecule has 0 unspecified atom stereocenters. The topological polar surface area (TPSA) is 61.8 Å². The van der Waals surface area contributed by atoms with Crippen LogP contribution < -0.4 is 10.1 Å². The standard InChI is InChI=1S/C2H7N2.CN.Cu.Fe/c3-1-2-4;1-2;;/h3H,1-2,4H2;;;/q-1;;;+1. The van der Waals surface area contributed by atoms with Crippen LogP contribution in [0.15, 0.2) is 0 Å². The molecule has 0 rings (SSSR count). The number of rotatable bonds is 3. The maximum absolute atomic E-state index is 7.94. The SMILES string of the molecule is N#[C][Fe][NH]CCN.[Cu]. The van der Waals surface area contributed by atoms with E-state index >= 15 is 0 Å². The van der Waals surface area contributed by atoms with Gasteiger partial charge in [-0.2, -0.15) is 0 Å². The fourth-order valence-electron chi connectivity index (χ4n) is 0.123. The summed E-state index contributed by atoms with van der Waals surface area (Å²) in [4.78, 5) is 1.94. The zero-order chi connectivity index (χ0) is 5.54. The van der Waals surface area contributed by atoms with Gasteiger partial charge in [0.05, 0.1) is 0 Å². The molecule has 53 valence electrons. The first-order valence-electron chi connectivity index (χ1n) is 1.84. The minimum atomic E-state index is 0. The molecule has 0 aliphatic heterocycles. The van der Waals surface area contributed by atoms with Crippen molar-refractivity contribution in [2.24, 2.45) is 5.73 Å². The molecular weight excluding hydrogens is 197 g/mol. The normalized spacial score (nSPS) is 7.50. The summed E-state index contributed by atoms with van der Waals surface area (Å²) >= 11 is 0.400. The summed E-state index contributed by atoms with van der Waals surface area (Å²) in [5.74, 6) is 0. The Labute approximate surface area is 65.8 Å². The second-order valence-electron chi connectivity index (χ2n) is 0.831. The van der Waals surface area contributed by atoms with Crippen LogP contribution in [-0.4, -0.2) is 13.1 Å². The fraction of sp³-hybridized carbons (Fsp3) is 0.667. The Morgan fingerprint density at radius 2 is 2.38 bits per heavy atom. The third kappa shape index (κ3) is 9.67. The van der Waals surface area contributed by atoms with Crippen molar-refractivity contribution >= 4 is 0 Å². The molecule has 3 N–H and O–H groups in total. The minimum absolute atomic E-state index is 0. The Hall–Kier alpha value is 0.449. The second-order valence-corrected chi connectivity index (χ2v) is 1.74. The van der Waals surface area contributed by atoms with E-state index in [9.17, 15) is 0 Å². The summed E-state index contributed by atoms with van der Waals surface area (Å²) in [6.45, 7) is 1.33. The van der Waals surface area contributed by atoms with E-state index in [-0.39, 0.29) is 17.1 Å². The molecule has 0 atom stereocenters. The van der Waals surface area contributed by atoms with Crippen LogP contribution in [-0.2, 0) is 32.2 Å². The van der Waals surface area contributed by atoms with Gasteiger partial charge in [-0.15, -0.1) is 0 Å². The number of hydrogen-bond donors (Lipinski definition) is 2. The van der Waals surface area contributed by atoms with Crippen LogP contribution >= 0.6 is 0 Å². The predicted octanol–water partition coefficient (Wildman–Crippen LogP) is -0.989. The molecule has 0 aromatic carbocycles. The number of hydrogen-bond acceptors (Lipinski definition) is 3. The molecule has 0 fully saturated rings. The zero-order valence-corrected chi connectivity index (χ0v) is 6.14. The summed E-state index contributed by atoms with van der Waals surface area (Å²) in [5.41, 5.74) is 5.10. The van der Waals surface area contributed by atoms with E-state index in [1.165, 1.54) is 0 Å². The van der Waals surface area contributed by atoms with Gasteiger partial charge in [-0.25, -0.2) is 0 Å². The quantitative estimate of drug-likeness (QED) is 0.458. The third-order valence-electron chi connectivity index (χ3n) is 0.335. The zero-order valence-electron chi connectivity index (χ0n) is 4.09. The number of nitrogens with zero attached hydrogens (tertiary/aromatic N) is 1. The van der Waals surface area contributed by atoms with Crippen molar-refractivity contribution in [3.63, 3.8) is 0 Å². The fourth-order valence-corrected chi connectivity index (χ4v) is 0.508. The predicted molar refractivity (Wildman–Crippen MR) is 22.7 cm³/mol. The number of nitrogens with two attached hydrogens (primary N) is 1. The van der Waals surface area contributed by atoms with E-state index in [1.54, 1.807) is 0 Å². The van der Waals surface area contributed by atoms with Crippen LogP contribution in [0, 0.1) is 10.2 Å². The number of nitrogens with one attached hydrogen (secondary N) is 1. The van der Waals surface area contributed by atoms with E-state index in [0.29, 0.717) is 21.7 Å². The van der Waals surface area contributed by atoms with Crippen molar-refractivity contribution < 1.29 is 32.2 Å². The van der Waals surface area contributed by atoms with Crippen LogP contribution in [0.4, 0.5) is 0 Å². The maximum atomic E-state index is 7.94. The van der Waals surface area contributed by atoms with Crippen LogP contribution in [0.25, 0.3) is 0 Å². The molecule has 1 radical (unpaired) electrons. The molecule has 0 aliphatic carbocycles. The molecule has 0 aromatic rings. The van der Waals surface area contributed by atoms with Gasteiger partial charge in [-0.05, 0) is 0 Å². The van der Waals surface area contributed by atoms with Gasteiger partial charge in [0.2, 0.25) is 0 Å². The summed E-state index contributed by atoms with van der Waals surface area (Å²) in [6.07, 6.45) is 0. The van der Waals surface area contributed by atoms with Gasteiger partial charge in [0.25, 0.3) is 0 Å². The van der Waals surface area contributed by atoms with Crippen molar-refractivity contribution in [3.8, 4) is 4.97 Å². The molecule has 3 nitrogen and oxygen atoms in total. The van der Waals surface area contributed by atoms with E-state index in [1.807, 2.05) is 4.97 Å². The van der Waals surface area contributed by atoms with E-state index < -0.39 is 0 Å². The van der Waals surface area contributed by atoms with Gasteiger partial charge >= 0.3 is 48.6 Å². The molecule has 0 amide bonds. The molecule has 8 heavy (non-hydrogen) atoms. The van der Waals surface area contributed by atoms with Gasteiger partial charge in [-0.3, -0.25) is 0 Å². The van der Waals surface area contributed by atoms with Crippen molar-refractivity contribution in [1.29, 1.82) is 5.26 Å².